The third kappa shape index (κ3) is 2.99. The topological polar surface area (TPSA) is 78.4 Å². The van der Waals surface area contributed by atoms with E-state index in [0.717, 1.165) is 22.6 Å². The Morgan fingerprint density at radius 3 is 2.65 bits per heavy atom. The summed E-state index contributed by atoms with van der Waals surface area (Å²) >= 11 is 0. The predicted molar refractivity (Wildman–Crippen MR) is 96.4 cm³/mol. The normalized spacial score (nSPS) is 14.9. The molecule has 0 radical (unpaired) electrons. The second-order valence-corrected chi connectivity index (χ2v) is 5.64. The highest BCUT2D eigenvalue weighted by molar-refractivity contribution is 5.79. The van der Waals surface area contributed by atoms with Gasteiger partial charge in [0.25, 0.3) is 0 Å². The van der Waals surface area contributed by atoms with Gasteiger partial charge in [-0.3, -0.25) is 0 Å². The zero-order chi connectivity index (χ0) is 17.9. The van der Waals surface area contributed by atoms with Crippen molar-refractivity contribution in [1.29, 1.82) is 0 Å². The van der Waals surface area contributed by atoms with Gasteiger partial charge in [0.05, 0.1) is 13.7 Å². The summed E-state index contributed by atoms with van der Waals surface area (Å²) in [5, 5.41) is 11.6. The molecule has 7 nitrogen and oxygen atoms in total. The molecule has 1 aromatic heterocycles. The number of para-hydroxylation sites is 1. The highest BCUT2D eigenvalue weighted by Gasteiger charge is 2.26. The first-order valence-electron chi connectivity index (χ1n) is 8.32. The van der Waals surface area contributed by atoms with Crippen molar-refractivity contribution in [3.8, 4) is 28.9 Å². The van der Waals surface area contributed by atoms with Gasteiger partial charge in [-0.15, -0.1) is 5.10 Å². The average molecular weight is 350 g/mol. The Hall–Kier alpha value is -3.35. The SMILES string of the molecule is CCOc1ccc(C2Nc3ccccc3-c3nnc(OC)nc3O2)cc1. The molecule has 7 heteroatoms. The van der Waals surface area contributed by atoms with Crippen molar-refractivity contribution in [2.24, 2.45) is 0 Å². The molecule has 0 bridgehead atoms. The number of ether oxygens (including phenoxy) is 3. The molecule has 0 saturated heterocycles. The molecule has 0 fully saturated rings. The number of aromatic nitrogens is 3. The molecule has 1 N–H and O–H groups in total. The lowest BCUT2D eigenvalue weighted by Crippen LogP contribution is -2.17. The summed E-state index contributed by atoms with van der Waals surface area (Å²) in [4.78, 5) is 4.33. The largest absolute Gasteiger partial charge is 0.494 e. The van der Waals surface area contributed by atoms with Crippen molar-refractivity contribution in [2.45, 2.75) is 13.2 Å². The third-order valence-corrected chi connectivity index (χ3v) is 4.01. The summed E-state index contributed by atoms with van der Waals surface area (Å²) in [6, 6.07) is 15.7. The smallest absolute Gasteiger partial charge is 0.338 e. The number of benzene rings is 2. The maximum Gasteiger partial charge on any atom is 0.338 e. The summed E-state index contributed by atoms with van der Waals surface area (Å²) in [6.45, 7) is 2.58. The molecular formula is C19H18N4O3. The maximum absolute atomic E-state index is 6.12. The van der Waals surface area contributed by atoms with Crippen LogP contribution in [0.2, 0.25) is 0 Å². The van der Waals surface area contributed by atoms with E-state index < -0.39 is 6.23 Å². The standard InChI is InChI=1S/C19H18N4O3/c1-3-25-13-10-8-12(9-11-13)17-20-15-7-5-4-6-14(15)16-18(26-17)21-19(24-2)23-22-16/h4-11,17,20H,3H2,1-2H3. The third-order valence-electron chi connectivity index (χ3n) is 4.01. The Balaban J connectivity index is 1.76. The first kappa shape index (κ1) is 16.1. The van der Waals surface area contributed by atoms with Crippen molar-refractivity contribution in [3.05, 3.63) is 54.1 Å². The summed E-state index contributed by atoms with van der Waals surface area (Å²) in [7, 11) is 1.50. The van der Waals surface area contributed by atoms with E-state index >= 15 is 0 Å². The van der Waals surface area contributed by atoms with Crippen LogP contribution in [0.15, 0.2) is 48.5 Å². The number of nitrogens with zero attached hydrogens (tertiary/aromatic N) is 3. The van der Waals surface area contributed by atoms with Crippen LogP contribution in [0.1, 0.15) is 18.7 Å². The Morgan fingerprint density at radius 1 is 1.08 bits per heavy atom. The second kappa shape index (κ2) is 6.87. The Labute approximate surface area is 151 Å². The van der Waals surface area contributed by atoms with Gasteiger partial charge < -0.3 is 19.5 Å². The van der Waals surface area contributed by atoms with Gasteiger partial charge >= 0.3 is 6.01 Å². The summed E-state index contributed by atoms with van der Waals surface area (Å²) in [5.74, 6) is 1.18. The lowest BCUT2D eigenvalue weighted by atomic mass is 10.1. The fourth-order valence-corrected chi connectivity index (χ4v) is 2.79. The predicted octanol–water partition coefficient (Wildman–Crippen LogP) is 3.45. The molecule has 1 aliphatic heterocycles. The minimum atomic E-state index is -0.436. The molecule has 1 atom stereocenters. The van der Waals surface area contributed by atoms with Crippen molar-refractivity contribution in [2.75, 3.05) is 19.0 Å². The van der Waals surface area contributed by atoms with Crippen LogP contribution in [-0.2, 0) is 0 Å². The zero-order valence-electron chi connectivity index (χ0n) is 14.5. The minimum absolute atomic E-state index is 0.161. The molecule has 26 heavy (non-hydrogen) atoms. The molecule has 0 saturated carbocycles. The van der Waals surface area contributed by atoms with Crippen LogP contribution < -0.4 is 19.5 Å². The van der Waals surface area contributed by atoms with Crippen LogP contribution in [0.5, 0.6) is 17.6 Å². The molecular weight excluding hydrogens is 332 g/mol. The quantitative estimate of drug-likeness (QED) is 0.772. The van der Waals surface area contributed by atoms with Gasteiger partial charge in [0.15, 0.2) is 11.9 Å². The monoisotopic (exact) mass is 350 g/mol. The van der Waals surface area contributed by atoms with Gasteiger partial charge in [-0.25, -0.2) is 0 Å². The maximum atomic E-state index is 6.12. The lowest BCUT2D eigenvalue weighted by Gasteiger charge is -2.19. The van der Waals surface area contributed by atoms with Gasteiger partial charge in [-0.1, -0.05) is 23.3 Å². The van der Waals surface area contributed by atoms with E-state index in [9.17, 15) is 0 Å². The summed E-state index contributed by atoms with van der Waals surface area (Å²) in [5.41, 5.74) is 3.28. The van der Waals surface area contributed by atoms with Crippen molar-refractivity contribution in [3.63, 3.8) is 0 Å². The van der Waals surface area contributed by atoms with Gasteiger partial charge in [0, 0.05) is 16.8 Å². The summed E-state index contributed by atoms with van der Waals surface area (Å²) < 4.78 is 16.7. The molecule has 0 amide bonds. The van der Waals surface area contributed by atoms with Crippen LogP contribution in [0, 0.1) is 0 Å². The van der Waals surface area contributed by atoms with E-state index in [1.807, 2.05) is 55.5 Å². The van der Waals surface area contributed by atoms with E-state index in [1.165, 1.54) is 7.11 Å². The van der Waals surface area contributed by atoms with E-state index in [4.69, 9.17) is 14.2 Å². The highest BCUT2D eigenvalue weighted by atomic mass is 16.5. The Morgan fingerprint density at radius 2 is 1.88 bits per heavy atom. The van der Waals surface area contributed by atoms with E-state index in [1.54, 1.807) is 0 Å². The van der Waals surface area contributed by atoms with Crippen LogP contribution in [0.25, 0.3) is 11.3 Å². The van der Waals surface area contributed by atoms with Crippen molar-refractivity contribution < 1.29 is 14.2 Å². The Bertz CT molecular complexity index is 915. The van der Waals surface area contributed by atoms with E-state index in [2.05, 4.69) is 20.5 Å². The minimum Gasteiger partial charge on any atom is -0.494 e. The molecule has 3 aromatic rings. The number of methoxy groups -OCH3 is 1. The average Bonchev–Trinajstić information content (AvgIpc) is 2.85. The van der Waals surface area contributed by atoms with Gasteiger partial charge in [-0.05, 0) is 37.3 Å². The van der Waals surface area contributed by atoms with Gasteiger partial charge in [0.1, 0.15) is 5.75 Å². The number of hydrogen-bond acceptors (Lipinski definition) is 7. The fraction of sp³-hybridized carbons (Fsp3) is 0.211. The van der Waals surface area contributed by atoms with Gasteiger partial charge in [0.2, 0.25) is 5.88 Å². The first-order valence-corrected chi connectivity index (χ1v) is 8.32. The highest BCUT2D eigenvalue weighted by Crippen LogP contribution is 2.39. The Kier molecular flexibility index (Phi) is 4.27. The number of anilines is 1. The zero-order valence-corrected chi connectivity index (χ0v) is 14.5. The lowest BCUT2D eigenvalue weighted by molar-refractivity contribution is 0.222. The van der Waals surface area contributed by atoms with Crippen molar-refractivity contribution in [1.82, 2.24) is 15.2 Å². The number of fused-ring (bicyclic) bond motifs is 3. The number of nitrogens with one attached hydrogen (secondary N) is 1. The second-order valence-electron chi connectivity index (χ2n) is 5.64. The fourth-order valence-electron chi connectivity index (χ4n) is 2.79. The molecule has 0 aliphatic carbocycles. The first-order chi connectivity index (χ1) is 12.8. The van der Waals surface area contributed by atoms with Gasteiger partial charge in [-0.2, -0.15) is 4.98 Å². The number of rotatable bonds is 4. The van der Waals surface area contributed by atoms with Crippen LogP contribution in [0.3, 0.4) is 0 Å². The molecule has 1 unspecified atom stereocenters. The molecule has 4 rings (SSSR count). The van der Waals surface area contributed by atoms with Crippen LogP contribution >= 0.6 is 0 Å². The summed E-state index contributed by atoms with van der Waals surface area (Å²) in [6.07, 6.45) is -0.436. The molecule has 2 heterocycles. The molecule has 1 aliphatic rings. The molecule has 0 spiro atoms. The van der Waals surface area contributed by atoms with Crippen molar-refractivity contribution >= 4 is 5.69 Å². The van der Waals surface area contributed by atoms with Crippen LogP contribution in [-0.4, -0.2) is 28.9 Å². The van der Waals surface area contributed by atoms with E-state index in [-0.39, 0.29) is 6.01 Å². The van der Waals surface area contributed by atoms with Crippen LogP contribution in [0.4, 0.5) is 5.69 Å². The number of hydrogen-bond donors (Lipinski definition) is 1. The van der Waals surface area contributed by atoms with E-state index in [0.29, 0.717) is 18.2 Å². The molecule has 132 valence electrons. The molecule has 2 aromatic carbocycles.